The number of methoxy groups -OCH3 is 2. The molecule has 0 aromatic heterocycles. The molecule has 0 aliphatic rings. The first-order valence-electron chi connectivity index (χ1n) is 5.56. The maximum atomic E-state index is 11.2. The lowest BCUT2D eigenvalue weighted by molar-refractivity contribution is -0.147. The molecular weight excluding hydrogens is 240 g/mol. The molecular formula is C12H20O6. The summed E-state index contributed by atoms with van der Waals surface area (Å²) in [7, 11) is 3.02. The van der Waals surface area contributed by atoms with Crippen LogP contribution in [0.5, 0.6) is 0 Å². The van der Waals surface area contributed by atoms with Crippen molar-refractivity contribution in [3.05, 3.63) is 12.2 Å². The number of esters is 2. The van der Waals surface area contributed by atoms with Crippen LogP contribution in [0.3, 0.4) is 0 Å². The summed E-state index contributed by atoms with van der Waals surface area (Å²) in [5.41, 5.74) is 0. The highest BCUT2D eigenvalue weighted by atomic mass is 16.6. The number of rotatable bonds is 8. The second-order valence-electron chi connectivity index (χ2n) is 3.74. The van der Waals surface area contributed by atoms with Crippen LogP contribution in [0.25, 0.3) is 0 Å². The fourth-order valence-corrected chi connectivity index (χ4v) is 1.15. The van der Waals surface area contributed by atoms with Gasteiger partial charge in [0.15, 0.2) is 0 Å². The summed E-state index contributed by atoms with van der Waals surface area (Å²) in [6, 6.07) is 0. The average Bonchev–Trinajstić information content (AvgIpc) is 2.27. The highest BCUT2D eigenvalue weighted by molar-refractivity contribution is 5.91. The SMILES string of the molecule is COC[C@H](C)OC(=O)/C=C\C(=O)O[C@@H](C)COC. The van der Waals surface area contributed by atoms with E-state index in [4.69, 9.17) is 18.9 Å². The van der Waals surface area contributed by atoms with Crippen LogP contribution in [0.4, 0.5) is 0 Å². The van der Waals surface area contributed by atoms with E-state index in [0.717, 1.165) is 12.2 Å². The molecule has 6 heteroatoms. The molecule has 0 fully saturated rings. The van der Waals surface area contributed by atoms with Crippen LogP contribution in [0.15, 0.2) is 12.2 Å². The number of hydrogen-bond donors (Lipinski definition) is 0. The molecule has 0 N–H and O–H groups in total. The van der Waals surface area contributed by atoms with E-state index in [0.29, 0.717) is 13.2 Å². The maximum absolute atomic E-state index is 11.2. The van der Waals surface area contributed by atoms with Crippen LogP contribution >= 0.6 is 0 Å². The lowest BCUT2D eigenvalue weighted by atomic mass is 10.4. The zero-order chi connectivity index (χ0) is 14.0. The molecule has 0 aromatic carbocycles. The van der Waals surface area contributed by atoms with Gasteiger partial charge in [0, 0.05) is 26.4 Å². The van der Waals surface area contributed by atoms with Crippen molar-refractivity contribution < 1.29 is 28.5 Å². The first kappa shape index (κ1) is 16.6. The van der Waals surface area contributed by atoms with Gasteiger partial charge in [-0.05, 0) is 13.8 Å². The Morgan fingerprint density at radius 2 is 1.22 bits per heavy atom. The summed E-state index contributed by atoms with van der Waals surface area (Å²) in [6.07, 6.45) is 1.31. The number of carbonyl (C=O) groups excluding carboxylic acids is 2. The topological polar surface area (TPSA) is 71.1 Å². The van der Waals surface area contributed by atoms with Crippen molar-refractivity contribution in [2.24, 2.45) is 0 Å². The van der Waals surface area contributed by atoms with Crippen LogP contribution < -0.4 is 0 Å². The molecule has 0 spiro atoms. The molecule has 2 atom stereocenters. The fourth-order valence-electron chi connectivity index (χ4n) is 1.15. The van der Waals surface area contributed by atoms with Crippen LogP contribution in [0.1, 0.15) is 13.8 Å². The minimum atomic E-state index is -0.615. The third-order valence-electron chi connectivity index (χ3n) is 1.79. The third kappa shape index (κ3) is 8.72. The van der Waals surface area contributed by atoms with Gasteiger partial charge in [0.1, 0.15) is 12.2 Å². The van der Waals surface area contributed by atoms with Crippen molar-refractivity contribution in [1.82, 2.24) is 0 Å². The van der Waals surface area contributed by atoms with E-state index in [1.807, 2.05) is 0 Å². The predicted octanol–water partition coefficient (Wildman–Crippen LogP) is 0.699. The summed E-state index contributed by atoms with van der Waals surface area (Å²) in [4.78, 5) is 22.5. The number of ether oxygens (including phenoxy) is 4. The highest BCUT2D eigenvalue weighted by Gasteiger charge is 2.09. The molecule has 0 heterocycles. The second-order valence-corrected chi connectivity index (χ2v) is 3.74. The van der Waals surface area contributed by atoms with Gasteiger partial charge in [-0.3, -0.25) is 0 Å². The van der Waals surface area contributed by atoms with E-state index >= 15 is 0 Å². The summed E-state index contributed by atoms with van der Waals surface area (Å²) in [5, 5.41) is 0. The molecule has 0 radical (unpaired) electrons. The molecule has 104 valence electrons. The Morgan fingerprint density at radius 1 is 0.889 bits per heavy atom. The molecule has 0 saturated carbocycles. The Bertz CT molecular complexity index is 258. The van der Waals surface area contributed by atoms with Gasteiger partial charge in [0.25, 0.3) is 0 Å². The van der Waals surface area contributed by atoms with E-state index < -0.39 is 11.9 Å². The monoisotopic (exact) mass is 260 g/mol. The molecule has 0 saturated heterocycles. The maximum Gasteiger partial charge on any atom is 0.331 e. The van der Waals surface area contributed by atoms with E-state index in [1.165, 1.54) is 14.2 Å². The van der Waals surface area contributed by atoms with Crippen molar-refractivity contribution in [2.45, 2.75) is 26.1 Å². The molecule has 0 amide bonds. The van der Waals surface area contributed by atoms with Gasteiger partial charge in [0.05, 0.1) is 13.2 Å². The standard InChI is InChI=1S/C12H20O6/c1-9(7-15-3)17-11(13)5-6-12(14)18-10(2)8-16-4/h5-6,9-10H,7-8H2,1-4H3/b6-5-/t9-,10-/m0/s1. The van der Waals surface area contributed by atoms with E-state index in [9.17, 15) is 9.59 Å². The molecule has 0 aromatic rings. The van der Waals surface area contributed by atoms with Gasteiger partial charge in [-0.2, -0.15) is 0 Å². The molecule has 18 heavy (non-hydrogen) atoms. The Balaban J connectivity index is 3.98. The molecule has 0 aliphatic heterocycles. The van der Waals surface area contributed by atoms with Crippen LogP contribution in [-0.4, -0.2) is 51.6 Å². The quantitative estimate of drug-likeness (QED) is 0.472. The minimum absolute atomic E-state index is 0.300. The van der Waals surface area contributed by atoms with Crippen LogP contribution in [0.2, 0.25) is 0 Å². The smallest absolute Gasteiger partial charge is 0.331 e. The molecule has 6 nitrogen and oxygen atoms in total. The van der Waals surface area contributed by atoms with Gasteiger partial charge in [-0.15, -0.1) is 0 Å². The van der Waals surface area contributed by atoms with Crippen LogP contribution in [0, 0.1) is 0 Å². The third-order valence-corrected chi connectivity index (χ3v) is 1.79. The first-order chi connectivity index (χ1) is 8.49. The van der Waals surface area contributed by atoms with Crippen molar-refractivity contribution in [2.75, 3.05) is 27.4 Å². The second kappa shape index (κ2) is 9.61. The normalized spacial score (nSPS) is 14.2. The summed E-state index contributed by atoms with van der Waals surface area (Å²) in [6.45, 7) is 3.98. The van der Waals surface area contributed by atoms with Crippen molar-refractivity contribution in [3.8, 4) is 0 Å². The molecule has 0 unspecified atom stereocenters. The van der Waals surface area contributed by atoms with E-state index in [1.54, 1.807) is 13.8 Å². The fraction of sp³-hybridized carbons (Fsp3) is 0.667. The number of carbonyl (C=O) groups is 2. The van der Waals surface area contributed by atoms with Gasteiger partial charge >= 0.3 is 11.9 Å². The molecule has 0 bridgehead atoms. The summed E-state index contributed by atoms with van der Waals surface area (Å²) in [5.74, 6) is -1.23. The Hall–Kier alpha value is -1.40. The lowest BCUT2D eigenvalue weighted by Crippen LogP contribution is -2.20. The summed E-state index contributed by atoms with van der Waals surface area (Å²) >= 11 is 0. The summed E-state index contributed by atoms with van der Waals surface area (Å²) < 4.78 is 19.4. The minimum Gasteiger partial charge on any atom is -0.457 e. The first-order valence-corrected chi connectivity index (χ1v) is 5.56. The Morgan fingerprint density at radius 3 is 1.50 bits per heavy atom. The molecule has 0 rings (SSSR count). The predicted molar refractivity (Wildman–Crippen MR) is 64.0 cm³/mol. The Labute approximate surface area is 107 Å². The highest BCUT2D eigenvalue weighted by Crippen LogP contribution is 1.96. The largest absolute Gasteiger partial charge is 0.457 e. The van der Waals surface area contributed by atoms with E-state index in [-0.39, 0.29) is 12.2 Å². The molecule has 0 aliphatic carbocycles. The van der Waals surface area contributed by atoms with Gasteiger partial charge < -0.3 is 18.9 Å². The zero-order valence-corrected chi connectivity index (χ0v) is 11.2. The van der Waals surface area contributed by atoms with E-state index in [2.05, 4.69) is 0 Å². The lowest BCUT2D eigenvalue weighted by Gasteiger charge is -2.11. The van der Waals surface area contributed by atoms with Gasteiger partial charge in [-0.1, -0.05) is 0 Å². The van der Waals surface area contributed by atoms with Crippen molar-refractivity contribution >= 4 is 11.9 Å². The van der Waals surface area contributed by atoms with Gasteiger partial charge in [-0.25, -0.2) is 9.59 Å². The van der Waals surface area contributed by atoms with Crippen molar-refractivity contribution in [3.63, 3.8) is 0 Å². The Kier molecular flexibility index (Phi) is 8.86. The van der Waals surface area contributed by atoms with Crippen LogP contribution in [-0.2, 0) is 28.5 Å². The average molecular weight is 260 g/mol. The number of hydrogen-bond acceptors (Lipinski definition) is 6. The van der Waals surface area contributed by atoms with Gasteiger partial charge in [0.2, 0.25) is 0 Å². The zero-order valence-electron chi connectivity index (χ0n) is 11.2. The van der Waals surface area contributed by atoms with Crippen molar-refractivity contribution in [1.29, 1.82) is 0 Å².